The van der Waals surface area contributed by atoms with Gasteiger partial charge in [0.15, 0.2) is 0 Å². The number of hydrogen-bond donors (Lipinski definition) is 2. The smallest absolute Gasteiger partial charge is 0.226 e. The lowest BCUT2D eigenvalue weighted by molar-refractivity contribution is -0.116. The highest BCUT2D eigenvalue weighted by Gasteiger charge is 2.12. The minimum atomic E-state index is -0.781. The Morgan fingerprint density at radius 2 is 1.57 bits per heavy atom. The van der Waals surface area contributed by atoms with E-state index in [4.69, 9.17) is 0 Å². The highest BCUT2D eigenvalue weighted by Crippen LogP contribution is 2.22. The van der Waals surface area contributed by atoms with Crippen molar-refractivity contribution in [2.75, 3.05) is 17.2 Å². The number of benzene rings is 2. The van der Waals surface area contributed by atoms with Gasteiger partial charge in [0.25, 0.3) is 0 Å². The molecule has 2 aromatic carbocycles. The van der Waals surface area contributed by atoms with Gasteiger partial charge < -0.3 is 10.6 Å². The van der Waals surface area contributed by atoms with Crippen LogP contribution in [0.5, 0.6) is 0 Å². The van der Waals surface area contributed by atoms with Crippen molar-refractivity contribution in [2.24, 2.45) is 0 Å². The summed E-state index contributed by atoms with van der Waals surface area (Å²) >= 11 is 0. The molecule has 0 unspecified atom stereocenters. The van der Waals surface area contributed by atoms with Gasteiger partial charge >= 0.3 is 0 Å². The van der Waals surface area contributed by atoms with Crippen molar-refractivity contribution in [2.45, 2.75) is 27.2 Å². The van der Waals surface area contributed by atoms with Gasteiger partial charge in [0.05, 0.1) is 0 Å². The summed E-state index contributed by atoms with van der Waals surface area (Å²) in [7, 11) is 0. The topological polar surface area (TPSA) is 41.1 Å². The highest BCUT2D eigenvalue weighted by molar-refractivity contribution is 5.91. The van der Waals surface area contributed by atoms with E-state index in [0.29, 0.717) is 6.54 Å². The SMILES string of the molecule is Cc1cc(C)c(NCCC(=O)Nc2c(F)cccc2F)c(C)c1. The number of para-hydroxylation sites is 1. The number of carbonyl (C=O) groups is 1. The van der Waals surface area contributed by atoms with E-state index in [9.17, 15) is 13.6 Å². The molecule has 0 aromatic heterocycles. The standard InChI is InChI=1S/C18H20F2N2O/c1-11-9-12(2)17(13(3)10-11)21-8-7-16(23)22-18-14(19)5-4-6-15(18)20/h4-6,9-10,21H,7-8H2,1-3H3,(H,22,23). The van der Waals surface area contributed by atoms with Gasteiger partial charge in [-0.25, -0.2) is 8.78 Å². The molecule has 23 heavy (non-hydrogen) atoms. The van der Waals surface area contributed by atoms with Crippen molar-refractivity contribution in [3.05, 3.63) is 58.7 Å². The molecule has 0 aliphatic heterocycles. The number of hydrogen-bond acceptors (Lipinski definition) is 2. The lowest BCUT2D eigenvalue weighted by Gasteiger charge is -2.14. The number of rotatable bonds is 5. The molecule has 2 aromatic rings. The summed E-state index contributed by atoms with van der Waals surface area (Å²) in [5.74, 6) is -2.00. The van der Waals surface area contributed by atoms with Crippen LogP contribution >= 0.6 is 0 Å². The molecule has 0 radical (unpaired) electrons. The zero-order valence-corrected chi connectivity index (χ0v) is 13.5. The maximum absolute atomic E-state index is 13.5. The average molecular weight is 318 g/mol. The maximum Gasteiger partial charge on any atom is 0.226 e. The van der Waals surface area contributed by atoms with E-state index in [1.165, 1.54) is 11.6 Å². The fourth-order valence-electron chi connectivity index (χ4n) is 2.58. The summed E-state index contributed by atoms with van der Waals surface area (Å²) < 4.78 is 26.9. The molecule has 2 N–H and O–H groups in total. The summed E-state index contributed by atoms with van der Waals surface area (Å²) in [5, 5.41) is 5.48. The Labute approximate surface area is 134 Å². The van der Waals surface area contributed by atoms with E-state index in [-0.39, 0.29) is 6.42 Å². The summed E-state index contributed by atoms with van der Waals surface area (Å²) in [6, 6.07) is 7.59. The number of amides is 1. The Kier molecular flexibility index (Phi) is 5.32. The van der Waals surface area contributed by atoms with Crippen molar-refractivity contribution >= 4 is 17.3 Å². The van der Waals surface area contributed by atoms with Gasteiger partial charge in [0, 0.05) is 18.7 Å². The minimum absolute atomic E-state index is 0.112. The summed E-state index contributed by atoms with van der Waals surface area (Å²) in [6.07, 6.45) is 0.112. The summed E-state index contributed by atoms with van der Waals surface area (Å²) in [5.41, 5.74) is 3.96. The molecule has 2 rings (SSSR count). The van der Waals surface area contributed by atoms with E-state index in [0.717, 1.165) is 28.9 Å². The molecule has 0 aliphatic rings. The largest absolute Gasteiger partial charge is 0.384 e. The van der Waals surface area contributed by atoms with Crippen LogP contribution in [0.4, 0.5) is 20.2 Å². The van der Waals surface area contributed by atoms with Crippen LogP contribution in [0.15, 0.2) is 30.3 Å². The Morgan fingerprint density at radius 3 is 2.13 bits per heavy atom. The molecule has 122 valence electrons. The molecule has 0 saturated carbocycles. The van der Waals surface area contributed by atoms with Gasteiger partial charge in [0.2, 0.25) is 5.91 Å². The Hall–Kier alpha value is -2.43. The van der Waals surface area contributed by atoms with Gasteiger partial charge in [-0.3, -0.25) is 4.79 Å². The van der Waals surface area contributed by atoms with Gasteiger partial charge in [-0.05, 0) is 44.0 Å². The maximum atomic E-state index is 13.5. The zero-order chi connectivity index (χ0) is 17.0. The molecule has 3 nitrogen and oxygen atoms in total. The van der Waals surface area contributed by atoms with Crippen LogP contribution in [0.2, 0.25) is 0 Å². The van der Waals surface area contributed by atoms with Crippen LogP contribution in [0.3, 0.4) is 0 Å². The molecule has 0 saturated heterocycles. The van der Waals surface area contributed by atoms with Crippen molar-refractivity contribution in [3.8, 4) is 0 Å². The van der Waals surface area contributed by atoms with E-state index in [1.807, 2.05) is 20.8 Å². The fraction of sp³-hybridized carbons (Fsp3) is 0.278. The Morgan fingerprint density at radius 1 is 1.00 bits per heavy atom. The van der Waals surface area contributed by atoms with Gasteiger partial charge in [-0.15, -0.1) is 0 Å². The summed E-state index contributed by atoms with van der Waals surface area (Å²) in [6.45, 7) is 6.40. The quantitative estimate of drug-likeness (QED) is 0.861. The third-order valence-electron chi connectivity index (χ3n) is 3.56. The molecule has 0 heterocycles. The van der Waals surface area contributed by atoms with Crippen LogP contribution < -0.4 is 10.6 Å². The second-order valence-electron chi connectivity index (χ2n) is 5.60. The van der Waals surface area contributed by atoms with Gasteiger partial charge in [-0.1, -0.05) is 23.8 Å². The molecule has 0 fully saturated rings. The van der Waals surface area contributed by atoms with Gasteiger partial charge in [-0.2, -0.15) is 0 Å². The van der Waals surface area contributed by atoms with Crippen molar-refractivity contribution in [1.82, 2.24) is 0 Å². The Bertz CT molecular complexity index is 686. The van der Waals surface area contributed by atoms with Crippen LogP contribution in [0.1, 0.15) is 23.1 Å². The third kappa shape index (κ3) is 4.28. The first-order valence-electron chi connectivity index (χ1n) is 7.44. The number of carbonyl (C=O) groups excluding carboxylic acids is 1. The molecule has 0 aliphatic carbocycles. The molecule has 0 atom stereocenters. The van der Waals surface area contributed by atoms with E-state index in [2.05, 4.69) is 22.8 Å². The van der Waals surface area contributed by atoms with Crippen molar-refractivity contribution in [3.63, 3.8) is 0 Å². The second kappa shape index (κ2) is 7.22. The van der Waals surface area contributed by atoms with Crippen molar-refractivity contribution in [1.29, 1.82) is 0 Å². The van der Waals surface area contributed by atoms with Gasteiger partial charge in [0.1, 0.15) is 17.3 Å². The van der Waals surface area contributed by atoms with E-state index >= 15 is 0 Å². The molecule has 5 heteroatoms. The molecule has 1 amide bonds. The van der Waals surface area contributed by atoms with Crippen LogP contribution in [-0.2, 0) is 4.79 Å². The number of anilines is 2. The molecular formula is C18H20F2N2O. The first-order chi connectivity index (χ1) is 10.9. The lowest BCUT2D eigenvalue weighted by atomic mass is 10.1. The second-order valence-corrected chi connectivity index (χ2v) is 5.60. The third-order valence-corrected chi connectivity index (χ3v) is 3.56. The minimum Gasteiger partial charge on any atom is -0.384 e. The first-order valence-corrected chi connectivity index (χ1v) is 7.44. The summed E-state index contributed by atoms with van der Waals surface area (Å²) in [4.78, 5) is 11.8. The molecule has 0 spiro atoms. The molecule has 0 bridgehead atoms. The Balaban J connectivity index is 1.93. The first kappa shape index (κ1) is 16.9. The lowest BCUT2D eigenvalue weighted by Crippen LogP contribution is -2.18. The average Bonchev–Trinajstić information content (AvgIpc) is 2.46. The van der Waals surface area contributed by atoms with Crippen LogP contribution in [0, 0.1) is 32.4 Å². The van der Waals surface area contributed by atoms with Crippen LogP contribution in [-0.4, -0.2) is 12.5 Å². The fourth-order valence-corrected chi connectivity index (χ4v) is 2.58. The predicted octanol–water partition coefficient (Wildman–Crippen LogP) is 4.33. The van der Waals surface area contributed by atoms with E-state index < -0.39 is 23.2 Å². The van der Waals surface area contributed by atoms with Crippen molar-refractivity contribution < 1.29 is 13.6 Å². The number of nitrogens with one attached hydrogen (secondary N) is 2. The normalized spacial score (nSPS) is 10.5. The molecular weight excluding hydrogens is 298 g/mol. The van der Waals surface area contributed by atoms with Crippen LogP contribution in [0.25, 0.3) is 0 Å². The zero-order valence-electron chi connectivity index (χ0n) is 13.5. The number of aryl methyl sites for hydroxylation is 3. The highest BCUT2D eigenvalue weighted by atomic mass is 19.1. The monoisotopic (exact) mass is 318 g/mol. The predicted molar refractivity (Wildman–Crippen MR) is 88.7 cm³/mol. The van der Waals surface area contributed by atoms with E-state index in [1.54, 1.807) is 0 Å². The number of halogens is 2.